The smallest absolute Gasteiger partial charge is 0.0346 e. The predicted octanol–water partition coefficient (Wildman–Crippen LogP) is 1.08. The molecule has 0 amide bonds. The molecule has 2 saturated heterocycles. The molecule has 0 bridgehead atoms. The van der Waals surface area contributed by atoms with Gasteiger partial charge in [0.25, 0.3) is 0 Å². The number of rotatable bonds is 3. The van der Waals surface area contributed by atoms with Crippen LogP contribution in [0.2, 0.25) is 0 Å². The van der Waals surface area contributed by atoms with Crippen LogP contribution in [0.15, 0.2) is 24.3 Å². The van der Waals surface area contributed by atoms with Crippen LogP contribution in [0.3, 0.4) is 0 Å². The number of piperazine rings is 1. The van der Waals surface area contributed by atoms with Gasteiger partial charge in [0.15, 0.2) is 0 Å². The molecule has 3 nitrogen and oxygen atoms in total. The third kappa shape index (κ3) is 2.58. The molecule has 3 rings (SSSR count). The van der Waals surface area contributed by atoms with Gasteiger partial charge in [0.1, 0.15) is 0 Å². The Kier molecular flexibility index (Phi) is 3.64. The van der Waals surface area contributed by atoms with Gasteiger partial charge in [-0.1, -0.05) is 24.3 Å². The zero-order valence-electron chi connectivity index (χ0n) is 11.2. The Morgan fingerprint density at radius 3 is 2.44 bits per heavy atom. The molecule has 2 heterocycles. The molecular formula is C15H23N3. The third-order valence-corrected chi connectivity index (χ3v) is 4.34. The molecule has 0 unspecified atom stereocenters. The normalized spacial score (nSPS) is 22.9. The number of benzene rings is 1. The van der Waals surface area contributed by atoms with Gasteiger partial charge in [0, 0.05) is 51.9 Å². The van der Waals surface area contributed by atoms with Gasteiger partial charge in [-0.3, -0.25) is 9.80 Å². The van der Waals surface area contributed by atoms with E-state index < -0.39 is 0 Å². The number of nitrogens with one attached hydrogen (secondary N) is 1. The monoisotopic (exact) mass is 245 g/mol. The van der Waals surface area contributed by atoms with Crippen molar-refractivity contribution in [2.45, 2.75) is 19.5 Å². The molecule has 2 aliphatic rings. The maximum absolute atomic E-state index is 3.36. The van der Waals surface area contributed by atoms with Crippen molar-refractivity contribution >= 4 is 0 Å². The van der Waals surface area contributed by atoms with Gasteiger partial charge in [-0.05, 0) is 18.1 Å². The molecule has 0 radical (unpaired) electrons. The lowest BCUT2D eigenvalue weighted by Gasteiger charge is -2.43. The van der Waals surface area contributed by atoms with E-state index in [-0.39, 0.29) is 0 Å². The summed E-state index contributed by atoms with van der Waals surface area (Å²) in [5, 5.41) is 3.36. The molecule has 1 aromatic carbocycles. The largest absolute Gasteiger partial charge is 0.314 e. The van der Waals surface area contributed by atoms with E-state index in [1.807, 2.05) is 0 Å². The summed E-state index contributed by atoms with van der Waals surface area (Å²) in [5.41, 5.74) is 2.90. The average Bonchev–Trinajstić information content (AvgIpc) is 2.32. The minimum absolute atomic E-state index is 0.811. The number of nitrogens with zero attached hydrogens (tertiary/aromatic N) is 2. The molecule has 3 heteroatoms. The van der Waals surface area contributed by atoms with Crippen molar-refractivity contribution in [1.82, 2.24) is 15.1 Å². The first-order valence-electron chi connectivity index (χ1n) is 7.04. The van der Waals surface area contributed by atoms with E-state index in [1.165, 1.54) is 50.4 Å². The van der Waals surface area contributed by atoms with Crippen LogP contribution in [0.5, 0.6) is 0 Å². The van der Waals surface area contributed by atoms with Crippen molar-refractivity contribution in [2.75, 3.05) is 39.3 Å². The Bertz CT molecular complexity index is 392. The second kappa shape index (κ2) is 5.39. The number of hydrogen-bond acceptors (Lipinski definition) is 3. The molecule has 0 saturated carbocycles. The van der Waals surface area contributed by atoms with Crippen LogP contribution in [0, 0.1) is 6.92 Å². The Morgan fingerprint density at radius 2 is 1.83 bits per heavy atom. The highest BCUT2D eigenvalue weighted by atomic mass is 15.3. The summed E-state index contributed by atoms with van der Waals surface area (Å²) in [4.78, 5) is 5.23. The predicted molar refractivity (Wildman–Crippen MR) is 74.7 cm³/mol. The highest BCUT2D eigenvalue weighted by Crippen LogP contribution is 2.14. The second-order valence-electron chi connectivity index (χ2n) is 5.55. The quantitative estimate of drug-likeness (QED) is 0.860. The standard InChI is InChI=1S/C15H23N3/c1-13-4-2-3-5-14(13)12-17-6-8-18(9-7-17)15-10-16-11-15/h2-5,15-16H,6-12H2,1H3. The zero-order valence-corrected chi connectivity index (χ0v) is 11.2. The van der Waals surface area contributed by atoms with Crippen molar-refractivity contribution in [2.24, 2.45) is 0 Å². The molecule has 98 valence electrons. The lowest BCUT2D eigenvalue weighted by atomic mass is 10.1. The first-order valence-corrected chi connectivity index (χ1v) is 7.04. The summed E-state index contributed by atoms with van der Waals surface area (Å²) >= 11 is 0. The van der Waals surface area contributed by atoms with E-state index in [9.17, 15) is 0 Å². The second-order valence-corrected chi connectivity index (χ2v) is 5.55. The van der Waals surface area contributed by atoms with E-state index in [0.717, 1.165) is 12.6 Å². The fraction of sp³-hybridized carbons (Fsp3) is 0.600. The van der Waals surface area contributed by atoms with Crippen molar-refractivity contribution in [3.8, 4) is 0 Å². The fourth-order valence-corrected chi connectivity index (χ4v) is 2.85. The maximum Gasteiger partial charge on any atom is 0.0346 e. The molecule has 1 aromatic rings. The lowest BCUT2D eigenvalue weighted by molar-refractivity contribution is 0.0695. The molecule has 2 aliphatic heterocycles. The summed E-state index contributed by atoms with van der Waals surface area (Å²) in [5.74, 6) is 0. The molecular weight excluding hydrogens is 222 g/mol. The summed E-state index contributed by atoms with van der Waals surface area (Å²) in [7, 11) is 0. The van der Waals surface area contributed by atoms with Crippen LogP contribution in [-0.2, 0) is 6.54 Å². The lowest BCUT2D eigenvalue weighted by Crippen LogP contribution is -2.61. The van der Waals surface area contributed by atoms with Crippen molar-refractivity contribution in [3.63, 3.8) is 0 Å². The van der Waals surface area contributed by atoms with E-state index >= 15 is 0 Å². The summed E-state index contributed by atoms with van der Waals surface area (Å²) in [6.07, 6.45) is 0. The highest BCUT2D eigenvalue weighted by molar-refractivity contribution is 5.25. The number of hydrogen-bond donors (Lipinski definition) is 1. The van der Waals surface area contributed by atoms with Gasteiger partial charge in [-0.25, -0.2) is 0 Å². The van der Waals surface area contributed by atoms with Gasteiger partial charge in [-0.15, -0.1) is 0 Å². The average molecular weight is 245 g/mol. The van der Waals surface area contributed by atoms with Crippen LogP contribution in [0.4, 0.5) is 0 Å². The zero-order chi connectivity index (χ0) is 12.4. The first kappa shape index (κ1) is 12.2. The molecule has 0 spiro atoms. The molecule has 0 aliphatic carbocycles. The van der Waals surface area contributed by atoms with E-state index in [0.29, 0.717) is 0 Å². The van der Waals surface area contributed by atoms with Gasteiger partial charge < -0.3 is 5.32 Å². The van der Waals surface area contributed by atoms with Crippen LogP contribution in [0.1, 0.15) is 11.1 Å². The van der Waals surface area contributed by atoms with Crippen LogP contribution in [-0.4, -0.2) is 55.1 Å². The maximum atomic E-state index is 3.36. The third-order valence-electron chi connectivity index (χ3n) is 4.34. The molecule has 1 N–H and O–H groups in total. The van der Waals surface area contributed by atoms with Gasteiger partial charge in [-0.2, -0.15) is 0 Å². The minimum atomic E-state index is 0.811. The Balaban J connectivity index is 1.52. The summed E-state index contributed by atoms with van der Waals surface area (Å²) in [6.45, 7) is 10.6. The van der Waals surface area contributed by atoms with Crippen molar-refractivity contribution in [1.29, 1.82) is 0 Å². The Morgan fingerprint density at radius 1 is 1.11 bits per heavy atom. The van der Waals surface area contributed by atoms with E-state index in [2.05, 4.69) is 46.3 Å². The van der Waals surface area contributed by atoms with Gasteiger partial charge in [0.2, 0.25) is 0 Å². The van der Waals surface area contributed by atoms with Crippen LogP contribution in [0.25, 0.3) is 0 Å². The Labute approximate surface area is 110 Å². The molecule has 2 fully saturated rings. The minimum Gasteiger partial charge on any atom is -0.314 e. The van der Waals surface area contributed by atoms with Gasteiger partial charge in [0.05, 0.1) is 0 Å². The van der Waals surface area contributed by atoms with Crippen LogP contribution >= 0.6 is 0 Å². The molecule has 0 atom stereocenters. The Hall–Kier alpha value is -0.900. The van der Waals surface area contributed by atoms with Crippen LogP contribution < -0.4 is 5.32 Å². The van der Waals surface area contributed by atoms with E-state index in [1.54, 1.807) is 0 Å². The van der Waals surface area contributed by atoms with E-state index in [4.69, 9.17) is 0 Å². The number of aryl methyl sites for hydroxylation is 1. The van der Waals surface area contributed by atoms with Crippen molar-refractivity contribution < 1.29 is 0 Å². The van der Waals surface area contributed by atoms with Gasteiger partial charge >= 0.3 is 0 Å². The molecule has 18 heavy (non-hydrogen) atoms. The highest BCUT2D eigenvalue weighted by Gasteiger charge is 2.27. The topological polar surface area (TPSA) is 18.5 Å². The fourth-order valence-electron chi connectivity index (χ4n) is 2.85. The SMILES string of the molecule is Cc1ccccc1CN1CCN(C2CNC2)CC1. The molecule has 0 aromatic heterocycles. The first-order chi connectivity index (χ1) is 8.83. The summed E-state index contributed by atoms with van der Waals surface area (Å²) < 4.78 is 0. The summed E-state index contributed by atoms with van der Waals surface area (Å²) in [6, 6.07) is 9.56. The van der Waals surface area contributed by atoms with Crippen molar-refractivity contribution in [3.05, 3.63) is 35.4 Å².